The Morgan fingerprint density at radius 2 is 1.64 bits per heavy atom. The highest BCUT2D eigenvalue weighted by atomic mass is 19.4. The van der Waals surface area contributed by atoms with E-state index in [1.165, 1.54) is 19.6 Å². The SMILES string of the molecule is CCN(CC)CC.O.O=C(O)C(F)(F)F.OCC1CCCO1. The van der Waals surface area contributed by atoms with Gasteiger partial charge in [-0.1, -0.05) is 20.8 Å². The van der Waals surface area contributed by atoms with Gasteiger partial charge < -0.3 is 25.3 Å². The fourth-order valence-electron chi connectivity index (χ4n) is 1.46. The van der Waals surface area contributed by atoms with Crippen LogP contribution in [0.5, 0.6) is 0 Å². The Balaban J connectivity index is -0.000000241. The molecule has 1 aliphatic heterocycles. The quantitative estimate of drug-likeness (QED) is 0.807. The van der Waals surface area contributed by atoms with Crippen LogP contribution in [-0.4, -0.2) is 71.7 Å². The van der Waals surface area contributed by atoms with Crippen molar-refractivity contribution < 1.29 is 38.4 Å². The van der Waals surface area contributed by atoms with E-state index in [4.69, 9.17) is 19.7 Å². The fraction of sp³-hybridized carbons (Fsp3) is 0.923. The molecule has 6 nitrogen and oxygen atoms in total. The summed E-state index contributed by atoms with van der Waals surface area (Å²) in [6.45, 7) is 11.2. The predicted octanol–water partition coefficient (Wildman–Crippen LogP) is 1.31. The highest BCUT2D eigenvalue weighted by molar-refractivity contribution is 5.73. The topological polar surface area (TPSA) is 102 Å². The molecule has 0 bridgehead atoms. The second kappa shape index (κ2) is 15.0. The summed E-state index contributed by atoms with van der Waals surface area (Å²) in [6, 6.07) is 0. The van der Waals surface area contributed by atoms with Gasteiger partial charge in [0.1, 0.15) is 0 Å². The maximum atomic E-state index is 10.6. The molecule has 0 aromatic rings. The molecule has 1 heterocycles. The lowest BCUT2D eigenvalue weighted by atomic mass is 10.2. The molecular weight excluding hydrogens is 307 g/mol. The molecule has 9 heteroatoms. The predicted molar refractivity (Wildman–Crippen MR) is 76.8 cm³/mol. The van der Waals surface area contributed by atoms with E-state index in [1.807, 2.05) is 0 Å². The summed E-state index contributed by atoms with van der Waals surface area (Å²) in [5.74, 6) is -2.76. The maximum absolute atomic E-state index is 10.6. The van der Waals surface area contributed by atoms with Gasteiger partial charge in [0.15, 0.2) is 0 Å². The molecule has 0 saturated carbocycles. The minimum absolute atomic E-state index is 0. The highest BCUT2D eigenvalue weighted by Gasteiger charge is 2.38. The molecular formula is C13H28F3NO5. The summed E-state index contributed by atoms with van der Waals surface area (Å²) in [6.07, 6.45) is -2.78. The van der Waals surface area contributed by atoms with Crippen LogP contribution in [0.25, 0.3) is 0 Å². The Bertz CT molecular complexity index is 246. The molecule has 1 unspecified atom stereocenters. The van der Waals surface area contributed by atoms with E-state index < -0.39 is 12.1 Å². The lowest BCUT2D eigenvalue weighted by Crippen LogP contribution is -2.21. The number of hydrogen-bond donors (Lipinski definition) is 2. The van der Waals surface area contributed by atoms with Crippen LogP contribution in [0.4, 0.5) is 13.2 Å². The number of carboxylic acid groups (broad SMARTS) is 1. The van der Waals surface area contributed by atoms with Crippen molar-refractivity contribution in [2.75, 3.05) is 32.8 Å². The monoisotopic (exact) mass is 335 g/mol. The van der Waals surface area contributed by atoms with Crippen LogP contribution < -0.4 is 0 Å². The van der Waals surface area contributed by atoms with Gasteiger partial charge in [0.05, 0.1) is 12.7 Å². The molecule has 0 aromatic carbocycles. The average molecular weight is 335 g/mol. The van der Waals surface area contributed by atoms with Gasteiger partial charge in [-0.15, -0.1) is 0 Å². The zero-order valence-corrected chi connectivity index (χ0v) is 13.3. The molecule has 1 aliphatic rings. The Labute approximate surface area is 129 Å². The molecule has 22 heavy (non-hydrogen) atoms. The van der Waals surface area contributed by atoms with Crippen molar-refractivity contribution in [3.05, 3.63) is 0 Å². The Morgan fingerprint density at radius 3 is 1.73 bits per heavy atom. The summed E-state index contributed by atoms with van der Waals surface area (Å²) >= 11 is 0. The van der Waals surface area contributed by atoms with Gasteiger partial charge in [0.2, 0.25) is 0 Å². The standard InChI is InChI=1S/C6H15N.C5H10O2.C2HF3O2.H2O/c1-4-7(5-2)6-3;6-4-5-2-1-3-7-5;3-2(4,5)1(6)7;/h4-6H2,1-3H3;5-6H,1-4H2;(H,6,7);1H2. The van der Waals surface area contributed by atoms with E-state index in [9.17, 15) is 13.2 Å². The molecule has 4 N–H and O–H groups in total. The molecule has 0 aromatic heterocycles. The van der Waals surface area contributed by atoms with Crippen LogP contribution in [0.1, 0.15) is 33.6 Å². The summed E-state index contributed by atoms with van der Waals surface area (Å²) in [4.78, 5) is 11.3. The number of aliphatic hydroxyl groups excluding tert-OH is 1. The average Bonchev–Trinajstić information content (AvgIpc) is 2.94. The van der Waals surface area contributed by atoms with Crippen molar-refractivity contribution in [1.82, 2.24) is 4.90 Å². The lowest BCUT2D eigenvalue weighted by molar-refractivity contribution is -0.192. The molecule has 136 valence electrons. The number of ether oxygens (including phenoxy) is 1. The number of carboxylic acids is 1. The number of halogens is 3. The van der Waals surface area contributed by atoms with Crippen molar-refractivity contribution in [2.45, 2.75) is 45.9 Å². The molecule has 1 saturated heterocycles. The van der Waals surface area contributed by atoms with Gasteiger partial charge in [-0.05, 0) is 32.5 Å². The minimum atomic E-state index is -5.08. The molecule has 0 aliphatic carbocycles. The Hall–Kier alpha value is -0.900. The zero-order valence-electron chi connectivity index (χ0n) is 13.3. The van der Waals surface area contributed by atoms with Gasteiger partial charge in [-0.25, -0.2) is 4.79 Å². The van der Waals surface area contributed by atoms with Crippen LogP contribution in [0, 0.1) is 0 Å². The first kappa shape index (κ1) is 26.0. The van der Waals surface area contributed by atoms with E-state index in [1.54, 1.807) is 0 Å². The summed E-state index contributed by atoms with van der Waals surface area (Å²) < 4.78 is 36.8. The third-order valence-corrected chi connectivity index (χ3v) is 2.81. The fourth-order valence-corrected chi connectivity index (χ4v) is 1.46. The van der Waals surface area contributed by atoms with Crippen LogP contribution >= 0.6 is 0 Å². The maximum Gasteiger partial charge on any atom is 0.490 e. The highest BCUT2D eigenvalue weighted by Crippen LogP contribution is 2.13. The Kier molecular flexibility index (Phi) is 17.8. The molecule has 1 atom stereocenters. The number of nitrogens with zero attached hydrogens (tertiary/aromatic N) is 1. The van der Waals surface area contributed by atoms with Crippen LogP contribution in [0.2, 0.25) is 0 Å². The normalized spacial score (nSPS) is 16.8. The molecule has 0 radical (unpaired) electrons. The molecule has 1 rings (SSSR count). The second-order valence-electron chi connectivity index (χ2n) is 4.24. The van der Waals surface area contributed by atoms with Crippen LogP contribution in [-0.2, 0) is 9.53 Å². The van der Waals surface area contributed by atoms with Gasteiger partial charge in [-0.3, -0.25) is 0 Å². The number of alkyl halides is 3. The third-order valence-electron chi connectivity index (χ3n) is 2.81. The molecule has 0 amide bonds. The number of hydrogen-bond acceptors (Lipinski definition) is 4. The largest absolute Gasteiger partial charge is 0.490 e. The van der Waals surface area contributed by atoms with Crippen LogP contribution in [0.3, 0.4) is 0 Å². The zero-order chi connectivity index (χ0) is 16.9. The smallest absolute Gasteiger partial charge is 0.475 e. The Morgan fingerprint density at radius 1 is 1.23 bits per heavy atom. The number of aliphatic carboxylic acids is 1. The van der Waals surface area contributed by atoms with Crippen molar-refractivity contribution in [2.24, 2.45) is 0 Å². The van der Waals surface area contributed by atoms with Gasteiger partial charge in [0.25, 0.3) is 0 Å². The first-order valence-electron chi connectivity index (χ1n) is 6.97. The number of carbonyl (C=O) groups is 1. The number of rotatable bonds is 4. The van der Waals surface area contributed by atoms with Crippen molar-refractivity contribution in [3.63, 3.8) is 0 Å². The van der Waals surface area contributed by atoms with Crippen molar-refractivity contribution in [1.29, 1.82) is 0 Å². The van der Waals surface area contributed by atoms with E-state index in [2.05, 4.69) is 25.7 Å². The third kappa shape index (κ3) is 15.5. The van der Waals surface area contributed by atoms with Gasteiger partial charge in [-0.2, -0.15) is 13.2 Å². The van der Waals surface area contributed by atoms with E-state index in [-0.39, 0.29) is 18.2 Å². The lowest BCUT2D eigenvalue weighted by Gasteiger charge is -2.13. The molecule has 0 spiro atoms. The van der Waals surface area contributed by atoms with Crippen molar-refractivity contribution in [3.8, 4) is 0 Å². The summed E-state index contributed by atoms with van der Waals surface area (Å²) in [5, 5.41) is 15.6. The summed E-state index contributed by atoms with van der Waals surface area (Å²) in [5.41, 5.74) is 0. The first-order valence-corrected chi connectivity index (χ1v) is 6.97. The van der Waals surface area contributed by atoms with Crippen molar-refractivity contribution >= 4 is 5.97 Å². The van der Waals surface area contributed by atoms with E-state index in [0.717, 1.165) is 19.4 Å². The van der Waals surface area contributed by atoms with E-state index >= 15 is 0 Å². The van der Waals surface area contributed by atoms with Crippen LogP contribution in [0.15, 0.2) is 0 Å². The van der Waals surface area contributed by atoms with Gasteiger partial charge in [0, 0.05) is 6.61 Å². The summed E-state index contributed by atoms with van der Waals surface area (Å²) in [7, 11) is 0. The minimum Gasteiger partial charge on any atom is -0.475 e. The van der Waals surface area contributed by atoms with E-state index in [0.29, 0.717) is 0 Å². The number of aliphatic hydroxyl groups is 1. The first-order chi connectivity index (χ1) is 9.72. The second-order valence-corrected chi connectivity index (χ2v) is 4.24. The molecule has 1 fully saturated rings. The van der Waals surface area contributed by atoms with Gasteiger partial charge >= 0.3 is 12.1 Å².